The highest BCUT2D eigenvalue weighted by Gasteiger charge is 2.56. The summed E-state index contributed by atoms with van der Waals surface area (Å²) in [5.74, 6) is 2.57. The molecule has 16 rings (SSSR count). The number of halogens is 4. The van der Waals surface area contributed by atoms with Crippen LogP contribution in [0.25, 0.3) is 63.9 Å². The summed E-state index contributed by atoms with van der Waals surface area (Å²) >= 11 is 10.3. The van der Waals surface area contributed by atoms with Gasteiger partial charge < -0.3 is 57.1 Å². The number of anilines is 8. The molecule has 0 saturated heterocycles. The van der Waals surface area contributed by atoms with E-state index in [4.69, 9.17) is 56.0 Å². The zero-order valence-electron chi connectivity index (χ0n) is 66.0. The molecule has 4 aliphatic rings. The van der Waals surface area contributed by atoms with Crippen LogP contribution in [-0.2, 0) is 22.2 Å². The standard InChI is InChI=1S/C23H22BrN3O.C23H22ClN3O.2C23H22FN3O/c2*1-14-6-7-17(22-15(2)26-28-16(22)3)12-21(14)27(5)18-8-9-19(20(24)13-18)23(25-4)10-11-23;1-14-6-7-17(22-15(2)26-28-16(22)3)12-21(14)27(5)20-9-8-18(13-19(20)24)23(25-4)10-11-23;1-14-6-7-17(22-15(2)26-28-16(22)3)12-21(14)27(5)18-8-9-19(20(24)13-18)23(25-4)10-11-23/h4*6-9,12-13H,10-11H2,1-3,5H3. The number of rotatable bonds is 16. The van der Waals surface area contributed by atoms with Crippen LogP contribution < -0.4 is 19.6 Å². The second kappa shape index (κ2) is 30.9. The van der Waals surface area contributed by atoms with Crippen LogP contribution >= 0.6 is 27.5 Å². The summed E-state index contributed by atoms with van der Waals surface area (Å²) in [5, 5.41) is 16.9. The van der Waals surface area contributed by atoms with E-state index >= 15 is 0 Å². The van der Waals surface area contributed by atoms with Crippen LogP contribution in [0.2, 0.25) is 5.02 Å². The van der Waals surface area contributed by atoms with Crippen LogP contribution in [0, 0.1) is 121 Å². The van der Waals surface area contributed by atoms with Crippen molar-refractivity contribution in [1.29, 1.82) is 0 Å². The van der Waals surface area contributed by atoms with Crippen LogP contribution in [0.5, 0.6) is 0 Å². The fourth-order valence-corrected chi connectivity index (χ4v) is 16.3. The first-order valence-corrected chi connectivity index (χ1v) is 38.5. The van der Waals surface area contributed by atoms with Gasteiger partial charge in [0, 0.05) is 152 Å². The maximum atomic E-state index is 14.9. The number of aromatic nitrogens is 4. The lowest BCUT2D eigenvalue weighted by molar-refractivity contribution is 0.393. The van der Waals surface area contributed by atoms with Gasteiger partial charge in [-0.15, -0.1) is 0 Å². The van der Waals surface area contributed by atoms with Crippen LogP contribution in [0.3, 0.4) is 0 Å². The normalized spacial score (nSPS) is 14.6. The molecule has 20 heteroatoms. The van der Waals surface area contributed by atoms with Crippen LogP contribution in [-0.4, -0.2) is 48.8 Å². The lowest BCUT2D eigenvalue weighted by Gasteiger charge is -2.23. The van der Waals surface area contributed by atoms with E-state index in [0.717, 1.165) is 219 Å². The monoisotopic (exact) mass is 1580 g/mol. The highest BCUT2D eigenvalue weighted by molar-refractivity contribution is 9.10. The van der Waals surface area contributed by atoms with Gasteiger partial charge in [0.2, 0.25) is 0 Å². The topological polar surface area (TPSA) is 135 Å². The third-order valence-corrected chi connectivity index (χ3v) is 23.7. The van der Waals surface area contributed by atoms with E-state index in [9.17, 15) is 8.78 Å². The van der Waals surface area contributed by atoms with Crippen LogP contribution in [0.4, 0.5) is 54.3 Å². The summed E-state index contributed by atoms with van der Waals surface area (Å²) in [4.78, 5) is 23.2. The lowest BCUT2D eigenvalue weighted by atomic mass is 10.0. The minimum absolute atomic E-state index is 0.308. The number of benzene rings is 8. The number of aryl methyl sites for hydroxylation is 12. The van der Waals surface area contributed by atoms with Gasteiger partial charge in [0.1, 0.15) is 34.7 Å². The molecule has 4 heterocycles. The van der Waals surface area contributed by atoms with E-state index in [2.05, 4.69) is 165 Å². The molecule has 4 aliphatic carbocycles. The molecule has 0 radical (unpaired) electrons. The highest BCUT2D eigenvalue weighted by Crippen LogP contribution is 2.55. The van der Waals surface area contributed by atoms with E-state index < -0.39 is 16.6 Å². The van der Waals surface area contributed by atoms with Gasteiger partial charge in [-0.1, -0.05) is 96.7 Å². The first kappa shape index (κ1) is 78.5. The number of hydrogen-bond donors (Lipinski definition) is 0. The van der Waals surface area contributed by atoms with Crippen molar-refractivity contribution in [3.63, 3.8) is 0 Å². The molecule has 0 atom stereocenters. The number of nitrogens with zero attached hydrogens (tertiary/aromatic N) is 12. The molecule has 4 fully saturated rings. The van der Waals surface area contributed by atoms with Gasteiger partial charge in [-0.3, -0.25) is 0 Å². The summed E-state index contributed by atoms with van der Waals surface area (Å²) in [6, 6.07) is 47.8. The smallest absolute Gasteiger partial charge is 0.261 e. The largest absolute Gasteiger partial charge is 0.361 e. The SMILES string of the molecule is [C-]#[N+]C1(c2ccc(N(C)c3cc(-c4c(C)noc4C)ccc3C)c(F)c2)CC1.[C-]#[N+]C1(c2ccc(N(C)c3cc(-c4c(C)noc4C)ccc3C)cc2Br)CC1.[C-]#[N+]C1(c2ccc(N(C)c3cc(-c4c(C)noc4C)ccc3C)cc2Cl)CC1.[C-]#[N+]C1(c2ccc(N(C)c3cc(-c4c(C)noc4C)ccc3C)cc2F)CC1. The summed E-state index contributed by atoms with van der Waals surface area (Å²) in [7, 11) is 7.89. The van der Waals surface area contributed by atoms with Crippen molar-refractivity contribution in [2.45, 2.75) is 157 Å². The van der Waals surface area contributed by atoms with Crippen molar-refractivity contribution in [1.82, 2.24) is 20.6 Å². The van der Waals surface area contributed by atoms with Crippen molar-refractivity contribution < 1.29 is 26.9 Å². The van der Waals surface area contributed by atoms with Gasteiger partial charge in [0.05, 0.1) is 50.2 Å². The zero-order valence-corrected chi connectivity index (χ0v) is 68.4. The highest BCUT2D eigenvalue weighted by atomic mass is 79.9. The van der Waals surface area contributed by atoms with E-state index in [0.29, 0.717) is 16.3 Å². The first-order valence-electron chi connectivity index (χ1n) is 37.3. The molecule has 0 N–H and O–H groups in total. The van der Waals surface area contributed by atoms with Crippen molar-refractivity contribution in [2.75, 3.05) is 47.8 Å². The van der Waals surface area contributed by atoms with Crippen LogP contribution in [0.15, 0.2) is 168 Å². The maximum absolute atomic E-state index is 14.9. The Bertz CT molecular complexity index is 5350. The van der Waals surface area contributed by atoms with Gasteiger partial charge in [0.25, 0.3) is 22.2 Å². The third kappa shape index (κ3) is 15.1. The zero-order chi connectivity index (χ0) is 80.2. The van der Waals surface area contributed by atoms with E-state index in [1.54, 1.807) is 12.1 Å². The molecule has 4 saturated carbocycles. The molecule has 568 valence electrons. The molecule has 0 aliphatic heterocycles. The van der Waals surface area contributed by atoms with Gasteiger partial charge in [0.15, 0.2) is 0 Å². The third-order valence-electron chi connectivity index (χ3n) is 22.7. The number of hydrogen-bond acceptors (Lipinski definition) is 12. The van der Waals surface area contributed by atoms with Gasteiger partial charge in [-0.05, 0) is 225 Å². The Hall–Kier alpha value is -11.6. The Kier molecular flexibility index (Phi) is 21.7. The Morgan fingerprint density at radius 2 is 0.661 bits per heavy atom. The molecule has 4 aromatic heterocycles. The molecule has 16 nitrogen and oxygen atoms in total. The molecule has 0 amide bonds. The predicted octanol–water partition coefficient (Wildman–Crippen LogP) is 25.5. The molecule has 0 unspecified atom stereocenters. The van der Waals surface area contributed by atoms with E-state index in [1.807, 2.05) is 143 Å². The van der Waals surface area contributed by atoms with Crippen LogP contribution in [0.1, 0.15) is 142 Å². The Morgan fingerprint density at radius 1 is 0.348 bits per heavy atom. The van der Waals surface area contributed by atoms with Gasteiger partial charge in [-0.25, -0.2) is 35.1 Å². The Balaban J connectivity index is 0.000000131. The van der Waals surface area contributed by atoms with Gasteiger partial charge in [-0.2, -0.15) is 0 Å². The second-order valence-electron chi connectivity index (χ2n) is 30.3. The second-order valence-corrected chi connectivity index (χ2v) is 31.5. The van der Waals surface area contributed by atoms with Crippen molar-refractivity contribution in [2.24, 2.45) is 0 Å². The molecule has 12 aromatic rings. The van der Waals surface area contributed by atoms with Gasteiger partial charge >= 0.3 is 0 Å². The molecular formula is C92H88BrClF2N12O4. The maximum Gasteiger partial charge on any atom is 0.261 e. The average Bonchev–Trinajstić information content (AvgIpc) is 1.61. The Morgan fingerprint density at radius 3 is 0.964 bits per heavy atom. The fraction of sp³-hybridized carbons (Fsp3) is 0.304. The summed E-state index contributed by atoms with van der Waals surface area (Å²) in [6.45, 7) is 53.4. The van der Waals surface area contributed by atoms with Crippen molar-refractivity contribution in [3.8, 4) is 44.5 Å². The molecule has 0 spiro atoms. The molecule has 112 heavy (non-hydrogen) atoms. The molecule has 8 aromatic carbocycles. The van der Waals surface area contributed by atoms with Crippen molar-refractivity contribution >= 4 is 73.0 Å². The average molecular weight is 1580 g/mol. The van der Waals surface area contributed by atoms with E-state index in [1.165, 1.54) is 17.7 Å². The predicted molar refractivity (Wildman–Crippen MR) is 445 cm³/mol. The van der Waals surface area contributed by atoms with Crippen molar-refractivity contribution in [3.05, 3.63) is 303 Å². The quantitative estimate of drug-likeness (QED) is 0.0852. The minimum Gasteiger partial charge on any atom is -0.361 e. The molecule has 0 bridgehead atoms. The first-order chi connectivity index (χ1) is 53.4. The summed E-state index contributed by atoms with van der Waals surface area (Å²) in [5.41, 5.74) is 25.1. The Labute approximate surface area is 668 Å². The van der Waals surface area contributed by atoms with E-state index in [-0.39, 0.29) is 17.2 Å². The fourth-order valence-electron chi connectivity index (χ4n) is 15.2. The summed E-state index contributed by atoms with van der Waals surface area (Å²) < 4.78 is 52.0. The molecular weight excluding hydrogens is 1490 g/mol. The summed E-state index contributed by atoms with van der Waals surface area (Å²) in [6.07, 6.45) is 6.77. The lowest BCUT2D eigenvalue weighted by Crippen LogP contribution is -2.13. The minimum atomic E-state index is -0.639.